The van der Waals surface area contributed by atoms with Gasteiger partial charge in [0.25, 0.3) is 0 Å². The summed E-state index contributed by atoms with van der Waals surface area (Å²) in [4.78, 5) is 11.6. The fourth-order valence-corrected chi connectivity index (χ4v) is 3.62. The minimum atomic E-state index is -3.25. The van der Waals surface area contributed by atoms with Gasteiger partial charge >= 0.3 is 0 Å². The molecule has 0 aromatic heterocycles. The number of carbonyl (C=O) groups is 1. The van der Waals surface area contributed by atoms with Crippen molar-refractivity contribution >= 4 is 15.7 Å². The summed E-state index contributed by atoms with van der Waals surface area (Å²) in [6, 6.07) is 4.53. The van der Waals surface area contributed by atoms with E-state index in [2.05, 4.69) is 24.4 Å². The Hall–Kier alpha value is -1.36. The third-order valence-electron chi connectivity index (χ3n) is 4.31. The molecule has 1 aliphatic rings. The summed E-state index contributed by atoms with van der Waals surface area (Å²) < 4.78 is 22.8. The minimum absolute atomic E-state index is 0.00432. The normalized spacial score (nSPS) is 14.5. The van der Waals surface area contributed by atoms with Gasteiger partial charge in [-0.1, -0.05) is 19.1 Å². The summed E-state index contributed by atoms with van der Waals surface area (Å²) in [5, 5.41) is 2.71. The molecule has 2 rings (SSSR count). The van der Waals surface area contributed by atoms with Crippen LogP contribution in [0.2, 0.25) is 0 Å². The predicted octanol–water partition coefficient (Wildman–Crippen LogP) is 1.97. The second-order valence-corrected chi connectivity index (χ2v) is 8.38. The monoisotopic (exact) mass is 323 g/mol. The van der Waals surface area contributed by atoms with E-state index in [0.29, 0.717) is 6.54 Å². The molecule has 0 saturated heterocycles. The number of rotatable bonds is 6. The first kappa shape index (κ1) is 17.0. The van der Waals surface area contributed by atoms with Crippen molar-refractivity contribution in [1.82, 2.24) is 5.32 Å². The zero-order chi connectivity index (χ0) is 16.2. The zero-order valence-corrected chi connectivity index (χ0v) is 14.3. The Morgan fingerprint density at radius 1 is 1.18 bits per heavy atom. The van der Waals surface area contributed by atoms with Crippen LogP contribution in [0.5, 0.6) is 0 Å². The van der Waals surface area contributed by atoms with E-state index >= 15 is 0 Å². The van der Waals surface area contributed by atoms with Crippen LogP contribution in [0.15, 0.2) is 12.1 Å². The van der Waals surface area contributed by atoms with E-state index in [-0.39, 0.29) is 5.75 Å². The summed E-state index contributed by atoms with van der Waals surface area (Å²) in [6.45, 7) is 4.14. The lowest BCUT2D eigenvalue weighted by Gasteiger charge is -2.18. The van der Waals surface area contributed by atoms with Gasteiger partial charge in [-0.25, -0.2) is 8.42 Å². The van der Waals surface area contributed by atoms with E-state index in [0.717, 1.165) is 12.8 Å². The number of sulfone groups is 1. The molecule has 0 spiro atoms. The van der Waals surface area contributed by atoms with Crippen LogP contribution in [0.3, 0.4) is 0 Å². The lowest BCUT2D eigenvalue weighted by molar-refractivity contribution is -0.118. The standard InChI is InChI=1S/C17H25NO3S/c1-3-22(20,21)12-17(19)18-9-8-14-11-16-7-5-4-6-15(16)10-13(14)2/h10-11H,3-9,12H2,1-2H3,(H,18,19). The van der Waals surface area contributed by atoms with Gasteiger partial charge in [-0.2, -0.15) is 0 Å². The Morgan fingerprint density at radius 2 is 1.82 bits per heavy atom. The summed E-state index contributed by atoms with van der Waals surface area (Å²) in [6.07, 6.45) is 5.58. The Kier molecular flexibility index (Phi) is 5.62. The highest BCUT2D eigenvalue weighted by molar-refractivity contribution is 7.92. The van der Waals surface area contributed by atoms with Crippen molar-refractivity contribution in [1.29, 1.82) is 0 Å². The lowest BCUT2D eigenvalue weighted by atomic mass is 9.88. The average molecular weight is 323 g/mol. The number of carbonyl (C=O) groups excluding carboxylic acids is 1. The molecule has 0 bridgehead atoms. The Bertz CT molecular complexity index is 650. The molecule has 5 heteroatoms. The SMILES string of the molecule is CCS(=O)(=O)CC(=O)NCCc1cc2c(cc1C)CCCC2. The third kappa shape index (κ3) is 4.57. The highest BCUT2D eigenvalue weighted by Gasteiger charge is 2.14. The van der Waals surface area contributed by atoms with Crippen LogP contribution in [0.1, 0.15) is 42.0 Å². The maximum absolute atomic E-state index is 11.6. The molecule has 1 aliphatic carbocycles. The molecule has 22 heavy (non-hydrogen) atoms. The maximum atomic E-state index is 11.6. The molecular weight excluding hydrogens is 298 g/mol. The lowest BCUT2D eigenvalue weighted by Crippen LogP contribution is -2.32. The number of benzene rings is 1. The third-order valence-corrected chi connectivity index (χ3v) is 5.89. The first-order chi connectivity index (χ1) is 10.4. The zero-order valence-electron chi connectivity index (χ0n) is 13.4. The van der Waals surface area contributed by atoms with Gasteiger partial charge in [0.2, 0.25) is 5.91 Å². The number of fused-ring (bicyclic) bond motifs is 1. The fraction of sp³-hybridized carbons (Fsp3) is 0.588. The van der Waals surface area contributed by atoms with Crippen LogP contribution in [0.4, 0.5) is 0 Å². The van der Waals surface area contributed by atoms with Crippen LogP contribution in [-0.2, 0) is 33.9 Å². The van der Waals surface area contributed by atoms with E-state index in [1.165, 1.54) is 41.5 Å². The highest BCUT2D eigenvalue weighted by Crippen LogP contribution is 2.24. The number of amides is 1. The molecule has 1 aromatic carbocycles. The minimum Gasteiger partial charge on any atom is -0.355 e. The van der Waals surface area contributed by atoms with Crippen LogP contribution in [-0.4, -0.2) is 32.4 Å². The Balaban J connectivity index is 1.91. The molecule has 1 N–H and O–H groups in total. The van der Waals surface area contributed by atoms with Crippen LogP contribution >= 0.6 is 0 Å². The molecule has 122 valence electrons. The van der Waals surface area contributed by atoms with Crippen LogP contribution in [0.25, 0.3) is 0 Å². The van der Waals surface area contributed by atoms with E-state index in [1.807, 2.05) is 0 Å². The van der Waals surface area contributed by atoms with Gasteiger partial charge in [-0.05, 0) is 61.3 Å². The number of hydrogen-bond acceptors (Lipinski definition) is 3. The van der Waals surface area contributed by atoms with Gasteiger partial charge in [0.1, 0.15) is 5.75 Å². The molecule has 4 nitrogen and oxygen atoms in total. The molecule has 0 aliphatic heterocycles. The van der Waals surface area contributed by atoms with Crippen molar-refractivity contribution in [2.24, 2.45) is 0 Å². The second-order valence-electron chi connectivity index (χ2n) is 6.03. The predicted molar refractivity (Wildman–Crippen MR) is 88.9 cm³/mol. The van der Waals surface area contributed by atoms with Gasteiger partial charge in [0, 0.05) is 12.3 Å². The molecular formula is C17H25NO3S. The number of aryl methyl sites for hydroxylation is 3. The van der Waals surface area contributed by atoms with E-state index < -0.39 is 21.5 Å². The van der Waals surface area contributed by atoms with Crippen molar-refractivity contribution in [2.75, 3.05) is 18.1 Å². The van der Waals surface area contributed by atoms with Gasteiger partial charge in [0.05, 0.1) is 0 Å². The smallest absolute Gasteiger partial charge is 0.235 e. The molecule has 0 saturated carbocycles. The molecule has 0 heterocycles. The number of nitrogens with one attached hydrogen (secondary N) is 1. The van der Waals surface area contributed by atoms with Gasteiger partial charge in [-0.3, -0.25) is 4.79 Å². The maximum Gasteiger partial charge on any atom is 0.235 e. The highest BCUT2D eigenvalue weighted by atomic mass is 32.2. The van der Waals surface area contributed by atoms with Crippen LogP contribution < -0.4 is 5.32 Å². The topological polar surface area (TPSA) is 63.2 Å². The van der Waals surface area contributed by atoms with Crippen molar-refractivity contribution in [2.45, 2.75) is 46.0 Å². The fourth-order valence-electron chi connectivity index (χ4n) is 2.92. The van der Waals surface area contributed by atoms with E-state index in [1.54, 1.807) is 6.92 Å². The Labute approximate surface area is 133 Å². The van der Waals surface area contributed by atoms with Crippen molar-refractivity contribution in [3.05, 3.63) is 34.4 Å². The van der Waals surface area contributed by atoms with E-state index in [9.17, 15) is 13.2 Å². The summed E-state index contributed by atoms with van der Waals surface area (Å²) in [5.74, 6) is -0.811. The molecule has 0 atom stereocenters. The number of hydrogen-bond donors (Lipinski definition) is 1. The summed E-state index contributed by atoms with van der Waals surface area (Å²) in [5.41, 5.74) is 5.41. The van der Waals surface area contributed by atoms with Gasteiger partial charge in [-0.15, -0.1) is 0 Å². The largest absolute Gasteiger partial charge is 0.355 e. The molecule has 0 radical (unpaired) electrons. The molecule has 0 fully saturated rings. The first-order valence-electron chi connectivity index (χ1n) is 7.99. The molecule has 1 amide bonds. The van der Waals surface area contributed by atoms with Crippen molar-refractivity contribution in [3.8, 4) is 0 Å². The Morgan fingerprint density at radius 3 is 2.45 bits per heavy atom. The van der Waals surface area contributed by atoms with Crippen LogP contribution in [0, 0.1) is 6.92 Å². The first-order valence-corrected chi connectivity index (χ1v) is 9.82. The summed E-state index contributed by atoms with van der Waals surface area (Å²) >= 11 is 0. The molecule has 0 unspecified atom stereocenters. The van der Waals surface area contributed by atoms with Crippen molar-refractivity contribution in [3.63, 3.8) is 0 Å². The average Bonchev–Trinajstić information content (AvgIpc) is 2.47. The van der Waals surface area contributed by atoms with E-state index in [4.69, 9.17) is 0 Å². The molecule has 1 aromatic rings. The summed E-state index contributed by atoms with van der Waals surface area (Å²) in [7, 11) is -3.25. The van der Waals surface area contributed by atoms with Gasteiger partial charge < -0.3 is 5.32 Å². The van der Waals surface area contributed by atoms with Crippen molar-refractivity contribution < 1.29 is 13.2 Å². The van der Waals surface area contributed by atoms with Gasteiger partial charge in [0.15, 0.2) is 9.84 Å². The second kappa shape index (κ2) is 7.27. The quantitative estimate of drug-likeness (QED) is 0.870.